The Hall–Kier alpha value is -2.55. The van der Waals surface area contributed by atoms with Gasteiger partial charge in [-0.05, 0) is 56.2 Å². The van der Waals surface area contributed by atoms with Crippen LogP contribution in [0.2, 0.25) is 0 Å². The van der Waals surface area contributed by atoms with E-state index in [0.29, 0.717) is 5.57 Å². The lowest BCUT2D eigenvalue weighted by molar-refractivity contribution is -0.112. The van der Waals surface area contributed by atoms with Crippen LogP contribution in [0, 0.1) is 13.8 Å². The van der Waals surface area contributed by atoms with Gasteiger partial charge in [0.1, 0.15) is 5.75 Å². The van der Waals surface area contributed by atoms with Crippen molar-refractivity contribution in [2.75, 3.05) is 5.32 Å². The zero-order chi connectivity index (χ0) is 15.2. The van der Waals surface area contributed by atoms with Gasteiger partial charge in [-0.2, -0.15) is 0 Å². The predicted octanol–water partition coefficient (Wildman–Crippen LogP) is 4.22. The molecule has 0 spiro atoms. The van der Waals surface area contributed by atoms with E-state index in [-0.39, 0.29) is 5.91 Å². The van der Waals surface area contributed by atoms with Crippen molar-refractivity contribution in [1.82, 2.24) is 0 Å². The highest BCUT2D eigenvalue weighted by atomic mass is 16.5. The predicted molar refractivity (Wildman–Crippen MR) is 85.4 cm³/mol. The van der Waals surface area contributed by atoms with E-state index in [9.17, 15) is 4.79 Å². The Morgan fingerprint density at radius 1 is 1.05 bits per heavy atom. The number of carbonyl (C=O) groups excluding carboxylic acids is 1. The Balaban J connectivity index is 2.00. The molecule has 0 saturated heterocycles. The summed E-state index contributed by atoms with van der Waals surface area (Å²) in [5, 5.41) is 2.81. The third-order valence-electron chi connectivity index (χ3n) is 3.24. The maximum atomic E-state index is 12.0. The summed E-state index contributed by atoms with van der Waals surface area (Å²) >= 11 is 0. The molecule has 21 heavy (non-hydrogen) atoms. The van der Waals surface area contributed by atoms with Gasteiger partial charge in [0, 0.05) is 11.3 Å². The van der Waals surface area contributed by atoms with Crippen molar-refractivity contribution in [3.63, 3.8) is 0 Å². The monoisotopic (exact) mass is 281 g/mol. The average molecular weight is 281 g/mol. The standard InChI is InChI=1S/C18H19NO2/c1-13-9-10-17(11-14(13)2)21-12-15(3)18(20)19-16-7-5-4-6-8-16/h4-12H,1-3H3,(H,19,20)/b15-12+. The van der Waals surface area contributed by atoms with Crippen molar-refractivity contribution < 1.29 is 9.53 Å². The first kappa shape index (κ1) is 14.9. The van der Waals surface area contributed by atoms with Crippen LogP contribution in [0.3, 0.4) is 0 Å². The third-order valence-corrected chi connectivity index (χ3v) is 3.24. The summed E-state index contributed by atoms with van der Waals surface area (Å²) in [6.07, 6.45) is 1.47. The smallest absolute Gasteiger partial charge is 0.254 e. The lowest BCUT2D eigenvalue weighted by Crippen LogP contribution is -2.13. The minimum Gasteiger partial charge on any atom is -0.465 e. The molecule has 0 saturated carbocycles. The van der Waals surface area contributed by atoms with E-state index in [1.54, 1.807) is 6.92 Å². The number of amides is 1. The molecule has 2 rings (SSSR count). The first-order chi connectivity index (χ1) is 10.1. The number of hydrogen-bond acceptors (Lipinski definition) is 2. The second kappa shape index (κ2) is 6.75. The minimum absolute atomic E-state index is 0.176. The molecule has 2 aromatic carbocycles. The number of para-hydroxylation sites is 1. The molecule has 1 amide bonds. The van der Waals surface area contributed by atoms with Crippen molar-refractivity contribution >= 4 is 11.6 Å². The first-order valence-electron chi connectivity index (χ1n) is 6.83. The topological polar surface area (TPSA) is 38.3 Å². The number of ether oxygens (including phenoxy) is 1. The van der Waals surface area contributed by atoms with Gasteiger partial charge in [-0.3, -0.25) is 4.79 Å². The van der Waals surface area contributed by atoms with Crippen LogP contribution >= 0.6 is 0 Å². The van der Waals surface area contributed by atoms with Gasteiger partial charge in [0.25, 0.3) is 5.91 Å². The molecule has 0 aliphatic carbocycles. The quantitative estimate of drug-likeness (QED) is 0.673. The van der Waals surface area contributed by atoms with Gasteiger partial charge in [-0.1, -0.05) is 24.3 Å². The van der Waals surface area contributed by atoms with Gasteiger partial charge in [0.2, 0.25) is 0 Å². The molecular weight excluding hydrogens is 262 g/mol. The molecule has 0 aliphatic rings. The van der Waals surface area contributed by atoms with Gasteiger partial charge in [-0.15, -0.1) is 0 Å². The van der Waals surface area contributed by atoms with Crippen LogP contribution in [-0.2, 0) is 4.79 Å². The molecule has 2 aromatic rings. The highest BCUT2D eigenvalue weighted by Crippen LogP contribution is 2.17. The van der Waals surface area contributed by atoms with Crippen LogP contribution in [0.4, 0.5) is 5.69 Å². The van der Waals surface area contributed by atoms with Gasteiger partial charge >= 0.3 is 0 Å². The Bertz CT molecular complexity index is 660. The molecule has 3 heteroatoms. The largest absolute Gasteiger partial charge is 0.465 e. The van der Waals surface area contributed by atoms with E-state index in [1.165, 1.54) is 11.8 Å². The van der Waals surface area contributed by atoms with Crippen LogP contribution in [0.5, 0.6) is 5.75 Å². The fraction of sp³-hybridized carbons (Fsp3) is 0.167. The van der Waals surface area contributed by atoms with Gasteiger partial charge in [0.15, 0.2) is 0 Å². The lowest BCUT2D eigenvalue weighted by atomic mass is 10.1. The van der Waals surface area contributed by atoms with E-state index in [1.807, 2.05) is 62.4 Å². The number of nitrogens with one attached hydrogen (secondary N) is 1. The number of benzene rings is 2. The highest BCUT2D eigenvalue weighted by molar-refractivity contribution is 6.03. The molecular formula is C18H19NO2. The van der Waals surface area contributed by atoms with Gasteiger partial charge in [-0.25, -0.2) is 0 Å². The Kier molecular flexibility index (Phi) is 4.77. The van der Waals surface area contributed by atoms with Crippen LogP contribution in [-0.4, -0.2) is 5.91 Å². The first-order valence-corrected chi connectivity index (χ1v) is 6.83. The fourth-order valence-electron chi connectivity index (χ4n) is 1.75. The van der Waals surface area contributed by atoms with Crippen molar-refractivity contribution in [2.45, 2.75) is 20.8 Å². The number of anilines is 1. The summed E-state index contributed by atoms with van der Waals surface area (Å²) in [6, 6.07) is 15.2. The summed E-state index contributed by atoms with van der Waals surface area (Å²) in [4.78, 5) is 12.0. The van der Waals surface area contributed by atoms with E-state index in [2.05, 4.69) is 5.32 Å². The molecule has 0 radical (unpaired) electrons. The molecule has 0 aliphatic heterocycles. The summed E-state index contributed by atoms with van der Waals surface area (Å²) in [5.74, 6) is 0.551. The van der Waals surface area contributed by atoms with Gasteiger partial charge < -0.3 is 10.1 Å². The summed E-state index contributed by atoms with van der Waals surface area (Å²) in [6.45, 7) is 5.80. The van der Waals surface area contributed by atoms with Crippen molar-refractivity contribution in [1.29, 1.82) is 0 Å². The van der Waals surface area contributed by atoms with Crippen LogP contribution in [0.25, 0.3) is 0 Å². The van der Waals surface area contributed by atoms with Crippen molar-refractivity contribution in [3.8, 4) is 5.75 Å². The Labute approximate surface area is 125 Å². The maximum Gasteiger partial charge on any atom is 0.254 e. The molecule has 0 atom stereocenters. The van der Waals surface area contributed by atoms with E-state index >= 15 is 0 Å². The van der Waals surface area contributed by atoms with E-state index < -0.39 is 0 Å². The van der Waals surface area contributed by atoms with E-state index in [0.717, 1.165) is 17.0 Å². The number of hydrogen-bond donors (Lipinski definition) is 1. The Morgan fingerprint density at radius 2 is 1.76 bits per heavy atom. The minimum atomic E-state index is -0.176. The molecule has 0 aromatic heterocycles. The molecule has 108 valence electrons. The number of rotatable bonds is 4. The second-order valence-electron chi connectivity index (χ2n) is 4.98. The molecule has 3 nitrogen and oxygen atoms in total. The molecule has 0 heterocycles. The number of carbonyl (C=O) groups is 1. The normalized spacial score (nSPS) is 11.1. The fourth-order valence-corrected chi connectivity index (χ4v) is 1.75. The second-order valence-corrected chi connectivity index (χ2v) is 4.98. The average Bonchev–Trinajstić information content (AvgIpc) is 2.49. The highest BCUT2D eigenvalue weighted by Gasteiger charge is 2.05. The van der Waals surface area contributed by atoms with Crippen LogP contribution < -0.4 is 10.1 Å². The molecule has 0 unspecified atom stereocenters. The zero-order valence-electron chi connectivity index (χ0n) is 12.5. The molecule has 0 fully saturated rings. The molecule has 1 N–H and O–H groups in total. The van der Waals surface area contributed by atoms with Crippen LogP contribution in [0.15, 0.2) is 60.4 Å². The maximum absolute atomic E-state index is 12.0. The zero-order valence-corrected chi connectivity index (χ0v) is 12.5. The third kappa shape index (κ3) is 4.21. The van der Waals surface area contributed by atoms with E-state index in [4.69, 9.17) is 4.74 Å². The Morgan fingerprint density at radius 3 is 2.43 bits per heavy atom. The van der Waals surface area contributed by atoms with Crippen LogP contribution in [0.1, 0.15) is 18.1 Å². The van der Waals surface area contributed by atoms with Gasteiger partial charge in [0.05, 0.1) is 6.26 Å². The summed E-state index contributed by atoms with van der Waals surface area (Å²) < 4.78 is 5.54. The van der Waals surface area contributed by atoms with Crippen molar-refractivity contribution in [2.24, 2.45) is 0 Å². The SMILES string of the molecule is C/C(=C\Oc1ccc(C)c(C)c1)C(=O)Nc1ccccc1. The lowest BCUT2D eigenvalue weighted by Gasteiger charge is -2.07. The van der Waals surface area contributed by atoms with Crippen molar-refractivity contribution in [3.05, 3.63) is 71.5 Å². The summed E-state index contributed by atoms with van der Waals surface area (Å²) in [7, 11) is 0. The summed E-state index contributed by atoms with van der Waals surface area (Å²) in [5.41, 5.74) is 3.65. The number of aryl methyl sites for hydroxylation is 2. The molecule has 0 bridgehead atoms.